The van der Waals surface area contributed by atoms with E-state index in [0.29, 0.717) is 12.8 Å². The largest absolute Gasteiger partial charge is 0.397 e. The van der Waals surface area contributed by atoms with Gasteiger partial charge < -0.3 is 40.3 Å². The van der Waals surface area contributed by atoms with Crippen molar-refractivity contribution in [1.29, 1.82) is 0 Å². The Bertz CT molecular complexity index is 1130. The molecular weight excluding hydrogens is 719 g/mol. The van der Waals surface area contributed by atoms with E-state index in [1.807, 2.05) is 0 Å². The first-order chi connectivity index (χ1) is 25.9. The Kier molecular flexibility index (Phi) is 29.2. The second kappa shape index (κ2) is 31.4. The maximum absolute atomic E-state index is 13.0. The van der Waals surface area contributed by atoms with E-state index in [0.717, 1.165) is 44.9 Å². The highest BCUT2D eigenvalue weighted by atomic mass is 32.3. The van der Waals surface area contributed by atoms with Crippen molar-refractivity contribution in [2.24, 2.45) is 0 Å². The Hall–Kier alpha value is -1.72. The van der Waals surface area contributed by atoms with E-state index in [2.05, 4.69) is 47.7 Å². The summed E-state index contributed by atoms with van der Waals surface area (Å²) in [6.07, 6.45) is 22.4. The Morgan fingerprint density at radius 1 is 0.741 bits per heavy atom. The molecule has 1 fully saturated rings. The molecule has 0 aromatic heterocycles. The average molecular weight is 792 g/mol. The highest BCUT2D eigenvalue weighted by Gasteiger charge is 2.48. The summed E-state index contributed by atoms with van der Waals surface area (Å²) in [7, 11) is -5.12. The van der Waals surface area contributed by atoms with Crippen LogP contribution in [0.1, 0.15) is 149 Å². The predicted molar refractivity (Wildman–Crippen MR) is 210 cm³/mol. The van der Waals surface area contributed by atoms with E-state index < -0.39 is 78.5 Å². The number of allylic oxidation sites excluding steroid dienone is 5. The highest BCUT2D eigenvalue weighted by Crippen LogP contribution is 2.26. The number of aliphatic hydroxyl groups is 5. The third-order valence-electron chi connectivity index (χ3n) is 9.51. The molecule has 0 aromatic carbocycles. The zero-order valence-electron chi connectivity index (χ0n) is 32.9. The quantitative estimate of drug-likeness (QED) is 0.0241. The van der Waals surface area contributed by atoms with Gasteiger partial charge in [0.25, 0.3) is 0 Å². The first-order valence-electron chi connectivity index (χ1n) is 20.5. The Morgan fingerprint density at radius 2 is 1.24 bits per heavy atom. The molecule has 0 radical (unpaired) electrons. The number of unbranched alkanes of at least 4 members (excludes halogenated alkanes) is 16. The van der Waals surface area contributed by atoms with Crippen LogP contribution in [-0.4, -0.2) is 107 Å². The molecule has 0 spiro atoms. The van der Waals surface area contributed by atoms with E-state index in [1.54, 1.807) is 6.08 Å². The second-order valence-corrected chi connectivity index (χ2v) is 15.4. The van der Waals surface area contributed by atoms with Gasteiger partial charge in [0.2, 0.25) is 5.91 Å². The molecule has 1 aliphatic heterocycles. The van der Waals surface area contributed by atoms with Gasteiger partial charge in [-0.05, 0) is 38.5 Å². The first kappa shape index (κ1) is 50.3. The van der Waals surface area contributed by atoms with E-state index in [4.69, 9.17) is 14.0 Å². The van der Waals surface area contributed by atoms with E-state index >= 15 is 0 Å². The molecule has 1 aliphatic rings. The van der Waals surface area contributed by atoms with Crippen LogP contribution in [0, 0.1) is 0 Å². The lowest BCUT2D eigenvalue weighted by molar-refractivity contribution is -0.298. The Balaban J connectivity index is 2.70. The van der Waals surface area contributed by atoms with Crippen molar-refractivity contribution in [3.63, 3.8) is 0 Å². The summed E-state index contributed by atoms with van der Waals surface area (Å²) in [6, 6.07) is -1.14. The van der Waals surface area contributed by atoms with Gasteiger partial charge in [-0.2, -0.15) is 8.42 Å². The van der Waals surface area contributed by atoms with Gasteiger partial charge >= 0.3 is 10.4 Å². The molecule has 1 rings (SSSR count). The normalized spacial score (nSPS) is 22.7. The van der Waals surface area contributed by atoms with Gasteiger partial charge in [0, 0.05) is 0 Å². The molecule has 0 bridgehead atoms. The van der Waals surface area contributed by atoms with Gasteiger partial charge in [0.1, 0.15) is 30.5 Å². The van der Waals surface area contributed by atoms with Gasteiger partial charge in [-0.1, -0.05) is 147 Å². The van der Waals surface area contributed by atoms with Gasteiger partial charge in [0.15, 0.2) is 6.29 Å². The molecule has 1 amide bonds. The third-order valence-corrected chi connectivity index (χ3v) is 9.97. The maximum atomic E-state index is 13.0. The molecule has 0 aromatic rings. The van der Waals surface area contributed by atoms with Crippen LogP contribution in [0.2, 0.25) is 0 Å². The molecule has 7 N–H and O–H groups in total. The number of carbonyl (C=O) groups is 1. The molecule has 316 valence electrons. The minimum absolute atomic E-state index is 0.235. The maximum Gasteiger partial charge on any atom is 0.397 e. The average Bonchev–Trinajstić information content (AvgIpc) is 3.14. The lowest BCUT2D eigenvalue weighted by Gasteiger charge is -2.41. The van der Waals surface area contributed by atoms with Crippen LogP contribution < -0.4 is 5.32 Å². The van der Waals surface area contributed by atoms with Crippen molar-refractivity contribution in [3.8, 4) is 0 Å². The fourth-order valence-electron chi connectivity index (χ4n) is 6.18. The summed E-state index contributed by atoms with van der Waals surface area (Å²) in [5.74, 6) is -0.719. The molecule has 54 heavy (non-hydrogen) atoms. The predicted octanol–water partition coefficient (Wildman–Crippen LogP) is 5.74. The summed E-state index contributed by atoms with van der Waals surface area (Å²) in [4.78, 5) is 13.0. The molecule has 0 aliphatic carbocycles. The monoisotopic (exact) mass is 791 g/mol. The number of carbonyl (C=O) groups excluding carboxylic acids is 1. The summed E-state index contributed by atoms with van der Waals surface area (Å²) < 4.78 is 47.3. The minimum Gasteiger partial charge on any atom is -0.394 e. The van der Waals surface area contributed by atoms with Crippen molar-refractivity contribution < 1.29 is 57.0 Å². The standard InChI is InChI=1S/C40H73NO12S/c1-3-5-7-9-11-13-15-17-19-21-23-25-27-29-34(44)39(47)41-32(33(43)28-26-24-22-20-18-16-14-12-10-8-6-4-2)31-51-40-37(46)38(53-54(48,49)50)36(45)35(30-42)52-40/h10,12,18,20,26,28,32-38,40,42-46H,3-9,11,13-17,19,21-25,27,29-31H2,1-2H3,(H,41,47)(H,48,49,50)/b12-10+,20-18+,28-26+. The number of hydrogen-bond donors (Lipinski definition) is 7. The van der Waals surface area contributed by atoms with Gasteiger partial charge in [-0.25, -0.2) is 4.18 Å². The zero-order valence-corrected chi connectivity index (χ0v) is 33.7. The fraction of sp³-hybridized carbons (Fsp3) is 0.825. The van der Waals surface area contributed by atoms with Gasteiger partial charge in [-0.15, -0.1) is 0 Å². The molecular formula is C40H73NO12S. The SMILES string of the molecule is CCCC/C=C/CC/C=C/CC/C=C/C(O)C(COC1OC(CO)C(O)C(OS(=O)(=O)O)C1O)NC(=O)C(O)CCCCCCCCCCCCCCC. The zero-order chi connectivity index (χ0) is 40.0. The van der Waals surface area contributed by atoms with E-state index in [-0.39, 0.29) is 6.42 Å². The lowest BCUT2D eigenvalue weighted by atomic mass is 9.99. The Labute approximate surface area is 325 Å². The molecule has 0 saturated carbocycles. The molecule has 1 saturated heterocycles. The van der Waals surface area contributed by atoms with Crippen LogP contribution >= 0.6 is 0 Å². The minimum atomic E-state index is -5.12. The number of rotatable bonds is 33. The molecule has 8 atom stereocenters. The second-order valence-electron chi connectivity index (χ2n) is 14.3. The topological polar surface area (TPSA) is 212 Å². The van der Waals surface area contributed by atoms with Crippen LogP contribution in [0.3, 0.4) is 0 Å². The Morgan fingerprint density at radius 3 is 1.76 bits per heavy atom. The summed E-state index contributed by atoms with van der Waals surface area (Å²) in [5, 5.41) is 54.9. The van der Waals surface area contributed by atoms with Crippen molar-refractivity contribution >= 4 is 16.3 Å². The van der Waals surface area contributed by atoms with Gasteiger partial charge in [0.05, 0.1) is 25.4 Å². The summed E-state index contributed by atoms with van der Waals surface area (Å²) >= 11 is 0. The molecule has 14 heteroatoms. The van der Waals surface area contributed by atoms with E-state index in [9.17, 15) is 38.7 Å². The smallest absolute Gasteiger partial charge is 0.394 e. The summed E-state index contributed by atoms with van der Waals surface area (Å²) in [6.45, 7) is 3.10. The molecule has 8 unspecified atom stereocenters. The number of amides is 1. The number of ether oxygens (including phenoxy) is 2. The molecule has 1 heterocycles. The van der Waals surface area contributed by atoms with Crippen LogP contribution in [0.5, 0.6) is 0 Å². The van der Waals surface area contributed by atoms with Crippen molar-refractivity contribution in [3.05, 3.63) is 36.5 Å². The van der Waals surface area contributed by atoms with Crippen molar-refractivity contribution in [2.75, 3.05) is 13.2 Å². The fourth-order valence-corrected chi connectivity index (χ4v) is 6.69. The van der Waals surface area contributed by atoms with Crippen LogP contribution in [0.25, 0.3) is 0 Å². The van der Waals surface area contributed by atoms with Gasteiger partial charge in [-0.3, -0.25) is 9.35 Å². The number of nitrogens with one attached hydrogen (secondary N) is 1. The van der Waals surface area contributed by atoms with Crippen LogP contribution in [-0.2, 0) is 28.9 Å². The number of hydrogen-bond acceptors (Lipinski definition) is 11. The van der Waals surface area contributed by atoms with Crippen LogP contribution in [0.15, 0.2) is 36.5 Å². The van der Waals surface area contributed by atoms with Crippen molar-refractivity contribution in [2.45, 2.75) is 198 Å². The van der Waals surface area contributed by atoms with Crippen LogP contribution in [0.4, 0.5) is 0 Å². The highest BCUT2D eigenvalue weighted by molar-refractivity contribution is 7.80. The van der Waals surface area contributed by atoms with Crippen molar-refractivity contribution in [1.82, 2.24) is 5.32 Å². The summed E-state index contributed by atoms with van der Waals surface area (Å²) in [5.41, 5.74) is 0. The molecule has 13 nitrogen and oxygen atoms in total. The third kappa shape index (κ3) is 24.0. The lowest BCUT2D eigenvalue weighted by Crippen LogP contribution is -2.61. The first-order valence-corrected chi connectivity index (χ1v) is 21.8. The number of aliphatic hydroxyl groups excluding tert-OH is 5. The van der Waals surface area contributed by atoms with E-state index in [1.165, 1.54) is 76.7 Å².